The van der Waals surface area contributed by atoms with E-state index >= 15 is 0 Å². The van der Waals surface area contributed by atoms with Gasteiger partial charge in [-0.1, -0.05) is 30.3 Å². The predicted octanol–water partition coefficient (Wildman–Crippen LogP) is 2.34. The number of nitrogens with one attached hydrogen (secondary N) is 1. The third kappa shape index (κ3) is 3.43. The van der Waals surface area contributed by atoms with Crippen molar-refractivity contribution >= 4 is 6.09 Å². The fourth-order valence-corrected chi connectivity index (χ4v) is 2.17. The molecule has 0 radical (unpaired) electrons. The molecule has 1 amide bonds. The van der Waals surface area contributed by atoms with Crippen molar-refractivity contribution in [1.29, 1.82) is 0 Å². The van der Waals surface area contributed by atoms with Gasteiger partial charge in [-0.3, -0.25) is 0 Å². The molecule has 4 nitrogen and oxygen atoms in total. The van der Waals surface area contributed by atoms with E-state index in [9.17, 15) is 9.18 Å². The number of hydrogen-bond acceptors (Lipinski definition) is 2. The van der Waals surface area contributed by atoms with E-state index in [0.29, 0.717) is 13.0 Å². The van der Waals surface area contributed by atoms with Crippen LogP contribution in [-0.2, 0) is 11.3 Å². The summed E-state index contributed by atoms with van der Waals surface area (Å²) in [6, 6.07) is 8.98. The van der Waals surface area contributed by atoms with Crippen molar-refractivity contribution in [2.24, 2.45) is 0 Å². The third-order valence-electron chi connectivity index (χ3n) is 3.08. The summed E-state index contributed by atoms with van der Waals surface area (Å²) in [6.45, 7) is 0.429. The highest BCUT2D eigenvalue weighted by Crippen LogP contribution is 2.26. The van der Waals surface area contributed by atoms with Crippen LogP contribution in [0, 0.1) is 0 Å². The van der Waals surface area contributed by atoms with Crippen LogP contribution in [0.1, 0.15) is 18.4 Å². The van der Waals surface area contributed by atoms with Gasteiger partial charge in [0, 0.05) is 6.42 Å². The maximum absolute atomic E-state index is 13.5. The summed E-state index contributed by atoms with van der Waals surface area (Å²) in [5, 5.41) is 10.7. The van der Waals surface area contributed by atoms with Gasteiger partial charge in [0.05, 0.1) is 18.8 Å². The van der Waals surface area contributed by atoms with E-state index in [0.717, 1.165) is 5.56 Å². The van der Waals surface area contributed by atoms with Crippen LogP contribution in [0.4, 0.5) is 9.18 Å². The lowest BCUT2D eigenvalue weighted by atomic mass is 10.2. The lowest BCUT2D eigenvalue weighted by Crippen LogP contribution is -2.37. The summed E-state index contributed by atoms with van der Waals surface area (Å²) in [5.41, 5.74) is 1.03. The molecule has 0 spiro atoms. The van der Waals surface area contributed by atoms with Crippen LogP contribution < -0.4 is 5.32 Å². The Bertz CT molecular complexity index is 398. The molecule has 0 bridgehead atoms. The van der Waals surface area contributed by atoms with Crippen molar-refractivity contribution in [1.82, 2.24) is 5.32 Å². The second-order valence-corrected chi connectivity index (χ2v) is 4.46. The van der Waals surface area contributed by atoms with Gasteiger partial charge in [0.2, 0.25) is 0 Å². The van der Waals surface area contributed by atoms with Crippen molar-refractivity contribution in [2.45, 2.75) is 37.8 Å². The third-order valence-corrected chi connectivity index (χ3v) is 3.08. The van der Waals surface area contributed by atoms with Gasteiger partial charge in [-0.2, -0.15) is 0 Å². The number of ether oxygens (including phenoxy) is 1. The molecule has 0 aliphatic heterocycles. The largest absolute Gasteiger partial charge is 0.465 e. The smallest absolute Gasteiger partial charge is 0.404 e. The topological polar surface area (TPSA) is 58.6 Å². The predicted molar refractivity (Wildman–Crippen MR) is 64.1 cm³/mol. The Morgan fingerprint density at radius 3 is 2.78 bits per heavy atom. The molecule has 98 valence electrons. The number of carboxylic acid groups (broad SMARTS) is 1. The molecule has 1 aromatic carbocycles. The minimum atomic E-state index is -1.19. The first-order valence-corrected chi connectivity index (χ1v) is 5.94. The first-order valence-electron chi connectivity index (χ1n) is 5.94. The van der Waals surface area contributed by atoms with Crippen molar-refractivity contribution in [3.63, 3.8) is 0 Å². The van der Waals surface area contributed by atoms with Crippen molar-refractivity contribution in [3.05, 3.63) is 35.9 Å². The highest BCUT2D eigenvalue weighted by Gasteiger charge is 2.35. The van der Waals surface area contributed by atoms with E-state index in [2.05, 4.69) is 5.32 Å². The van der Waals surface area contributed by atoms with E-state index in [4.69, 9.17) is 9.84 Å². The summed E-state index contributed by atoms with van der Waals surface area (Å²) in [7, 11) is 0. The van der Waals surface area contributed by atoms with Crippen LogP contribution in [0.15, 0.2) is 30.3 Å². The molecule has 2 N–H and O–H groups in total. The molecule has 1 saturated carbocycles. The molecule has 0 saturated heterocycles. The first-order chi connectivity index (χ1) is 8.65. The van der Waals surface area contributed by atoms with E-state index in [1.165, 1.54) is 0 Å². The molecule has 18 heavy (non-hydrogen) atoms. The van der Waals surface area contributed by atoms with Crippen molar-refractivity contribution in [2.75, 3.05) is 0 Å². The molecule has 1 aliphatic rings. The fraction of sp³-hybridized carbons (Fsp3) is 0.462. The lowest BCUT2D eigenvalue weighted by Gasteiger charge is -2.12. The maximum atomic E-state index is 13.5. The van der Waals surface area contributed by atoms with Crippen molar-refractivity contribution < 1.29 is 19.0 Å². The standard InChI is InChI=1S/C13H16FNO3/c14-11-6-10(7-12(11)15-13(16)17)18-8-9-4-2-1-3-5-9/h1-5,10-12,15H,6-8H2,(H,16,17)/t10-,11-,12-/m1/s1. The molecule has 0 unspecified atom stereocenters. The number of rotatable bonds is 4. The van der Waals surface area contributed by atoms with Crippen LogP contribution in [0.3, 0.4) is 0 Å². The minimum absolute atomic E-state index is 0.225. The van der Waals surface area contributed by atoms with Gasteiger partial charge in [0.25, 0.3) is 0 Å². The van der Waals surface area contributed by atoms with Gasteiger partial charge >= 0.3 is 6.09 Å². The SMILES string of the molecule is O=C(O)N[C@@H]1C[C@H](OCc2ccccc2)C[C@H]1F. The highest BCUT2D eigenvalue weighted by atomic mass is 19.1. The molecule has 0 heterocycles. The Hall–Kier alpha value is -1.62. The lowest BCUT2D eigenvalue weighted by molar-refractivity contribution is 0.0409. The van der Waals surface area contributed by atoms with E-state index in [1.54, 1.807) is 0 Å². The zero-order valence-corrected chi connectivity index (χ0v) is 9.88. The Balaban J connectivity index is 1.80. The summed E-state index contributed by atoms with van der Waals surface area (Å²) in [5.74, 6) is 0. The molecular formula is C13H16FNO3. The van der Waals surface area contributed by atoms with E-state index in [-0.39, 0.29) is 12.5 Å². The van der Waals surface area contributed by atoms with Crippen LogP contribution in [0.2, 0.25) is 0 Å². The van der Waals surface area contributed by atoms with Crippen molar-refractivity contribution in [3.8, 4) is 0 Å². The average Bonchev–Trinajstić information content (AvgIpc) is 2.68. The maximum Gasteiger partial charge on any atom is 0.404 e. The zero-order valence-electron chi connectivity index (χ0n) is 9.88. The van der Waals surface area contributed by atoms with E-state index < -0.39 is 18.3 Å². The monoisotopic (exact) mass is 253 g/mol. The van der Waals surface area contributed by atoms with Crippen LogP contribution in [0.25, 0.3) is 0 Å². The summed E-state index contributed by atoms with van der Waals surface area (Å²) in [4.78, 5) is 10.5. The van der Waals surface area contributed by atoms with Gasteiger partial charge in [-0.05, 0) is 12.0 Å². The van der Waals surface area contributed by atoms with Gasteiger partial charge in [-0.25, -0.2) is 9.18 Å². The van der Waals surface area contributed by atoms with Gasteiger partial charge in [0.1, 0.15) is 6.17 Å². The summed E-state index contributed by atoms with van der Waals surface area (Å²) < 4.78 is 19.1. The quantitative estimate of drug-likeness (QED) is 0.865. The number of halogens is 1. The number of alkyl halides is 1. The van der Waals surface area contributed by atoms with Crippen LogP contribution in [0.5, 0.6) is 0 Å². The molecule has 5 heteroatoms. The number of amides is 1. The van der Waals surface area contributed by atoms with E-state index in [1.807, 2.05) is 30.3 Å². The molecule has 1 aromatic rings. The normalized spacial score (nSPS) is 27.1. The van der Waals surface area contributed by atoms with Crippen LogP contribution >= 0.6 is 0 Å². The molecule has 2 rings (SSSR count). The minimum Gasteiger partial charge on any atom is -0.465 e. The first kappa shape index (κ1) is 12.8. The number of hydrogen-bond donors (Lipinski definition) is 2. The Morgan fingerprint density at radius 2 is 2.11 bits per heavy atom. The Labute approximate surface area is 105 Å². The summed E-state index contributed by atoms with van der Waals surface area (Å²) >= 11 is 0. The molecule has 0 aromatic heterocycles. The fourth-order valence-electron chi connectivity index (χ4n) is 2.17. The second kappa shape index (κ2) is 5.82. The Kier molecular flexibility index (Phi) is 4.15. The summed E-state index contributed by atoms with van der Waals surface area (Å²) in [6.07, 6.45) is -1.94. The van der Waals surface area contributed by atoms with Gasteiger partial charge < -0.3 is 15.2 Å². The van der Waals surface area contributed by atoms with Gasteiger partial charge in [0.15, 0.2) is 0 Å². The number of carbonyl (C=O) groups is 1. The molecular weight excluding hydrogens is 237 g/mol. The highest BCUT2D eigenvalue weighted by molar-refractivity contribution is 5.65. The average molecular weight is 253 g/mol. The molecule has 1 aliphatic carbocycles. The number of benzene rings is 1. The molecule has 3 atom stereocenters. The Morgan fingerprint density at radius 1 is 1.39 bits per heavy atom. The van der Waals surface area contributed by atoms with Crippen LogP contribution in [-0.4, -0.2) is 29.5 Å². The second-order valence-electron chi connectivity index (χ2n) is 4.46. The van der Waals surface area contributed by atoms with Gasteiger partial charge in [-0.15, -0.1) is 0 Å². The molecule has 1 fully saturated rings. The zero-order chi connectivity index (χ0) is 13.0.